The fraction of sp³-hybridized carbons (Fsp3) is 0.467. The summed E-state index contributed by atoms with van der Waals surface area (Å²) >= 11 is 6.08. The van der Waals surface area contributed by atoms with Crippen molar-refractivity contribution in [3.63, 3.8) is 0 Å². The molecule has 108 valence electrons. The number of hydrogen-bond donors (Lipinski definition) is 0. The van der Waals surface area contributed by atoms with E-state index in [0.717, 1.165) is 23.2 Å². The van der Waals surface area contributed by atoms with Crippen LogP contribution < -0.4 is 0 Å². The summed E-state index contributed by atoms with van der Waals surface area (Å²) in [6, 6.07) is 1.99. The molecule has 5 heteroatoms. The van der Waals surface area contributed by atoms with Gasteiger partial charge in [-0.15, -0.1) is 0 Å². The Morgan fingerprint density at radius 3 is 2.85 bits per heavy atom. The Morgan fingerprint density at radius 2 is 2.25 bits per heavy atom. The Labute approximate surface area is 124 Å². The molecule has 20 heavy (non-hydrogen) atoms. The first-order chi connectivity index (χ1) is 9.30. The Balaban J connectivity index is 2.17. The molecule has 2 heterocycles. The molecule has 0 fully saturated rings. The van der Waals surface area contributed by atoms with Gasteiger partial charge in [-0.1, -0.05) is 24.3 Å². The summed E-state index contributed by atoms with van der Waals surface area (Å²) < 4.78 is 5.38. The highest BCUT2D eigenvalue weighted by Crippen LogP contribution is 2.24. The maximum atomic E-state index is 12.1. The Hall–Kier alpha value is -1.55. The lowest BCUT2D eigenvalue weighted by Crippen LogP contribution is -2.40. The lowest BCUT2D eigenvalue weighted by atomic mass is 10.0. The number of carbonyl (C=O) groups excluding carboxylic acids is 1. The molecule has 1 aromatic heterocycles. The van der Waals surface area contributed by atoms with Gasteiger partial charge in [-0.3, -0.25) is 0 Å². The standard InChI is InChI=1S/C15H19ClN2O2/c1-5-10-8-11-6-7-18(9-12(11)17-13(10)16)14(19)20-15(2,3)4/h5,8H,1,6-7,9H2,2-4H3. The predicted molar refractivity (Wildman–Crippen MR) is 79.7 cm³/mol. The van der Waals surface area contributed by atoms with E-state index in [1.807, 2.05) is 26.8 Å². The number of nitrogens with zero attached hydrogens (tertiary/aromatic N) is 2. The van der Waals surface area contributed by atoms with Gasteiger partial charge in [-0.25, -0.2) is 9.78 Å². The van der Waals surface area contributed by atoms with Crippen molar-refractivity contribution in [3.8, 4) is 0 Å². The van der Waals surface area contributed by atoms with Gasteiger partial charge in [0.25, 0.3) is 0 Å². The van der Waals surface area contributed by atoms with Gasteiger partial charge < -0.3 is 9.64 Å². The molecule has 0 saturated carbocycles. The first-order valence-corrected chi connectivity index (χ1v) is 6.96. The number of carbonyl (C=O) groups is 1. The van der Waals surface area contributed by atoms with E-state index in [2.05, 4.69) is 11.6 Å². The summed E-state index contributed by atoms with van der Waals surface area (Å²) in [5.74, 6) is 0. The summed E-state index contributed by atoms with van der Waals surface area (Å²) in [5, 5.41) is 0.421. The van der Waals surface area contributed by atoms with Gasteiger partial charge >= 0.3 is 6.09 Å². The van der Waals surface area contributed by atoms with Crippen LogP contribution in [0.15, 0.2) is 12.6 Å². The molecule has 0 saturated heterocycles. The maximum absolute atomic E-state index is 12.1. The second kappa shape index (κ2) is 5.44. The number of fused-ring (bicyclic) bond motifs is 1. The molecule has 2 rings (SSSR count). The molecule has 0 aliphatic carbocycles. The molecule has 0 bridgehead atoms. The van der Waals surface area contributed by atoms with E-state index >= 15 is 0 Å². The molecular formula is C15H19ClN2O2. The molecule has 0 spiro atoms. The number of aromatic nitrogens is 1. The molecule has 0 radical (unpaired) electrons. The molecular weight excluding hydrogens is 276 g/mol. The third-order valence-corrected chi connectivity index (χ3v) is 3.34. The van der Waals surface area contributed by atoms with E-state index < -0.39 is 5.60 Å². The highest BCUT2D eigenvalue weighted by atomic mass is 35.5. The van der Waals surface area contributed by atoms with Crippen molar-refractivity contribution in [1.82, 2.24) is 9.88 Å². The minimum Gasteiger partial charge on any atom is -0.444 e. The van der Waals surface area contributed by atoms with E-state index in [9.17, 15) is 4.79 Å². The Kier molecular flexibility index (Phi) is 4.04. The summed E-state index contributed by atoms with van der Waals surface area (Å²) in [4.78, 5) is 18.1. The maximum Gasteiger partial charge on any atom is 0.410 e. The van der Waals surface area contributed by atoms with Crippen molar-refractivity contribution in [2.45, 2.75) is 39.3 Å². The minimum atomic E-state index is -0.491. The van der Waals surface area contributed by atoms with E-state index in [0.29, 0.717) is 18.2 Å². The predicted octanol–water partition coefficient (Wildman–Crippen LogP) is 3.67. The monoisotopic (exact) mass is 294 g/mol. The average Bonchev–Trinajstić information content (AvgIpc) is 2.35. The number of ether oxygens (including phenoxy) is 1. The van der Waals surface area contributed by atoms with Crippen LogP contribution in [-0.2, 0) is 17.7 Å². The zero-order valence-electron chi connectivity index (χ0n) is 12.1. The van der Waals surface area contributed by atoms with Gasteiger partial charge in [0.1, 0.15) is 10.8 Å². The van der Waals surface area contributed by atoms with Gasteiger partial charge in [0.15, 0.2) is 0 Å². The normalized spacial score (nSPS) is 14.7. The molecule has 1 amide bonds. The smallest absolute Gasteiger partial charge is 0.410 e. The van der Waals surface area contributed by atoms with Crippen LogP contribution in [0, 0.1) is 0 Å². The van der Waals surface area contributed by atoms with Gasteiger partial charge in [0.2, 0.25) is 0 Å². The van der Waals surface area contributed by atoms with Gasteiger partial charge in [-0.2, -0.15) is 0 Å². The number of amides is 1. The van der Waals surface area contributed by atoms with Crippen LogP contribution in [0.3, 0.4) is 0 Å². The first-order valence-electron chi connectivity index (χ1n) is 6.59. The number of hydrogen-bond acceptors (Lipinski definition) is 3. The summed E-state index contributed by atoms with van der Waals surface area (Å²) in [7, 11) is 0. The first kappa shape index (κ1) is 14.9. The van der Waals surface area contributed by atoms with E-state index in [-0.39, 0.29) is 6.09 Å². The molecule has 1 aliphatic heterocycles. The molecule has 0 unspecified atom stereocenters. The van der Waals surface area contributed by atoms with Gasteiger partial charge in [-0.05, 0) is 38.8 Å². The zero-order chi connectivity index (χ0) is 14.9. The minimum absolute atomic E-state index is 0.311. The summed E-state index contributed by atoms with van der Waals surface area (Å²) in [6.07, 6.45) is 2.13. The molecule has 0 N–H and O–H groups in total. The zero-order valence-corrected chi connectivity index (χ0v) is 12.8. The Morgan fingerprint density at radius 1 is 1.55 bits per heavy atom. The second-order valence-corrected chi connectivity index (χ2v) is 6.19. The SMILES string of the molecule is C=Cc1cc2c(nc1Cl)CN(C(=O)OC(C)(C)C)CC2. The van der Waals surface area contributed by atoms with Crippen LogP contribution in [0.5, 0.6) is 0 Å². The highest BCUT2D eigenvalue weighted by molar-refractivity contribution is 6.30. The largest absolute Gasteiger partial charge is 0.444 e. The molecule has 0 aromatic carbocycles. The van der Waals surface area contributed by atoms with E-state index in [1.165, 1.54) is 0 Å². The molecule has 1 aromatic rings. The summed E-state index contributed by atoms with van der Waals surface area (Å²) in [6.45, 7) is 10.3. The lowest BCUT2D eigenvalue weighted by molar-refractivity contribution is 0.0221. The van der Waals surface area contributed by atoms with E-state index in [1.54, 1.807) is 11.0 Å². The van der Waals surface area contributed by atoms with Gasteiger partial charge in [0.05, 0.1) is 12.2 Å². The van der Waals surface area contributed by atoms with E-state index in [4.69, 9.17) is 16.3 Å². The van der Waals surface area contributed by atoms with Crippen LogP contribution >= 0.6 is 11.6 Å². The summed E-state index contributed by atoms with van der Waals surface area (Å²) in [5.41, 5.74) is 2.28. The van der Waals surface area contributed by atoms with Crippen LogP contribution in [0.4, 0.5) is 4.79 Å². The lowest BCUT2D eigenvalue weighted by Gasteiger charge is -2.30. The van der Waals surface area contributed by atoms with Crippen molar-refractivity contribution in [2.24, 2.45) is 0 Å². The van der Waals surface area contributed by atoms with Crippen LogP contribution in [0.2, 0.25) is 5.15 Å². The molecule has 4 nitrogen and oxygen atoms in total. The fourth-order valence-electron chi connectivity index (χ4n) is 2.08. The van der Waals surface area contributed by atoms with Crippen molar-refractivity contribution < 1.29 is 9.53 Å². The van der Waals surface area contributed by atoms with Crippen LogP contribution in [-0.4, -0.2) is 28.1 Å². The van der Waals surface area contributed by atoms with Crippen molar-refractivity contribution >= 4 is 23.8 Å². The van der Waals surface area contributed by atoms with Gasteiger partial charge in [0, 0.05) is 12.1 Å². The fourth-order valence-corrected chi connectivity index (χ4v) is 2.31. The number of halogens is 1. The number of rotatable bonds is 1. The van der Waals surface area contributed by atoms with Crippen molar-refractivity contribution in [3.05, 3.63) is 34.6 Å². The van der Waals surface area contributed by atoms with Crippen LogP contribution in [0.1, 0.15) is 37.6 Å². The third kappa shape index (κ3) is 3.31. The molecule has 0 atom stereocenters. The quantitative estimate of drug-likeness (QED) is 0.742. The van der Waals surface area contributed by atoms with Crippen molar-refractivity contribution in [1.29, 1.82) is 0 Å². The average molecular weight is 295 g/mol. The highest BCUT2D eigenvalue weighted by Gasteiger charge is 2.26. The van der Waals surface area contributed by atoms with Crippen molar-refractivity contribution in [2.75, 3.05) is 6.54 Å². The Bertz CT molecular complexity index is 550. The molecule has 1 aliphatic rings. The topological polar surface area (TPSA) is 42.4 Å². The number of pyridine rings is 1. The second-order valence-electron chi connectivity index (χ2n) is 5.83. The van der Waals surface area contributed by atoms with Crippen LogP contribution in [0.25, 0.3) is 6.08 Å². The third-order valence-electron chi connectivity index (χ3n) is 3.04.